The first-order valence-electron chi connectivity index (χ1n) is 8.97. The molecule has 2 aliphatic heterocycles. The van der Waals surface area contributed by atoms with Crippen LogP contribution in [0.4, 0.5) is 5.69 Å². The molecule has 0 saturated carbocycles. The molecule has 0 bridgehead atoms. The van der Waals surface area contributed by atoms with Gasteiger partial charge in [0.15, 0.2) is 0 Å². The summed E-state index contributed by atoms with van der Waals surface area (Å²) in [6, 6.07) is 13.5. The lowest BCUT2D eigenvalue weighted by Crippen LogP contribution is -2.64. The second-order valence-corrected chi connectivity index (χ2v) is 7.38. The standard InChI is InChI=1S/C20H24N4O2/c1-21-11-6-9-17(21)19(26)23-12-10-20(14-23)15-24(18(25)13-22(20)2)16-7-4-3-5-8-16/h3-9,11H,10,12-15H2,1-2H3/t20-/m1/s1. The number of nitrogens with zero attached hydrogens (tertiary/aromatic N) is 4. The SMILES string of the molecule is CN1CC(=O)N(c2ccccc2)C[C@]12CCN(C(=O)c1cccn1C)C2. The number of aromatic nitrogens is 1. The second kappa shape index (κ2) is 6.29. The van der Waals surface area contributed by atoms with Crippen molar-refractivity contribution < 1.29 is 9.59 Å². The quantitative estimate of drug-likeness (QED) is 0.825. The molecule has 6 heteroatoms. The van der Waals surface area contributed by atoms with E-state index in [9.17, 15) is 9.59 Å². The predicted octanol–water partition coefficient (Wildman–Crippen LogP) is 1.59. The summed E-state index contributed by atoms with van der Waals surface area (Å²) >= 11 is 0. The van der Waals surface area contributed by atoms with Gasteiger partial charge < -0.3 is 14.4 Å². The van der Waals surface area contributed by atoms with Gasteiger partial charge in [-0.25, -0.2) is 0 Å². The number of hydrogen-bond acceptors (Lipinski definition) is 3. The Morgan fingerprint density at radius 1 is 1.04 bits per heavy atom. The number of carbonyl (C=O) groups is 2. The maximum atomic E-state index is 12.9. The van der Waals surface area contributed by atoms with Crippen molar-refractivity contribution in [3.8, 4) is 0 Å². The molecule has 0 unspecified atom stereocenters. The molecule has 136 valence electrons. The zero-order chi connectivity index (χ0) is 18.3. The number of anilines is 1. The van der Waals surface area contributed by atoms with Crippen LogP contribution >= 0.6 is 0 Å². The van der Waals surface area contributed by atoms with Crippen molar-refractivity contribution >= 4 is 17.5 Å². The lowest BCUT2D eigenvalue weighted by atomic mass is 9.92. The average Bonchev–Trinajstić information content (AvgIpc) is 3.26. The zero-order valence-electron chi connectivity index (χ0n) is 15.3. The first kappa shape index (κ1) is 16.8. The zero-order valence-corrected chi connectivity index (χ0v) is 15.3. The van der Waals surface area contributed by atoms with Crippen LogP contribution in [0, 0.1) is 0 Å². The Hall–Kier alpha value is -2.60. The summed E-state index contributed by atoms with van der Waals surface area (Å²) in [7, 11) is 3.89. The van der Waals surface area contributed by atoms with Crippen LogP contribution < -0.4 is 4.90 Å². The third-order valence-corrected chi connectivity index (χ3v) is 5.79. The van der Waals surface area contributed by atoms with E-state index in [1.165, 1.54) is 0 Å². The molecule has 1 aromatic heterocycles. The van der Waals surface area contributed by atoms with Crippen LogP contribution in [0.1, 0.15) is 16.9 Å². The van der Waals surface area contributed by atoms with Crippen LogP contribution in [0.25, 0.3) is 0 Å². The Bertz CT molecular complexity index is 831. The highest BCUT2D eigenvalue weighted by Crippen LogP contribution is 2.33. The minimum atomic E-state index is -0.190. The number of likely N-dealkylation sites (N-methyl/N-ethyl adjacent to an activating group) is 1. The molecule has 0 N–H and O–H groups in total. The molecule has 0 aliphatic carbocycles. The molecule has 1 spiro atoms. The monoisotopic (exact) mass is 352 g/mol. The molecule has 1 atom stereocenters. The number of piperazine rings is 1. The van der Waals surface area contributed by atoms with E-state index in [2.05, 4.69) is 4.90 Å². The van der Waals surface area contributed by atoms with Crippen molar-refractivity contribution in [2.75, 3.05) is 38.1 Å². The molecule has 4 rings (SSSR count). The van der Waals surface area contributed by atoms with Gasteiger partial charge in [0.05, 0.1) is 12.1 Å². The summed E-state index contributed by atoms with van der Waals surface area (Å²) in [5.41, 5.74) is 1.44. The van der Waals surface area contributed by atoms with E-state index in [-0.39, 0.29) is 17.4 Å². The van der Waals surface area contributed by atoms with E-state index < -0.39 is 0 Å². The summed E-state index contributed by atoms with van der Waals surface area (Å²) in [6.07, 6.45) is 2.76. The van der Waals surface area contributed by atoms with Gasteiger partial charge >= 0.3 is 0 Å². The fraction of sp³-hybridized carbons (Fsp3) is 0.400. The van der Waals surface area contributed by atoms with Crippen LogP contribution in [-0.4, -0.2) is 64.9 Å². The topological polar surface area (TPSA) is 48.8 Å². The minimum absolute atomic E-state index is 0.0611. The van der Waals surface area contributed by atoms with E-state index >= 15 is 0 Å². The smallest absolute Gasteiger partial charge is 0.270 e. The predicted molar refractivity (Wildman–Crippen MR) is 100 cm³/mol. The summed E-state index contributed by atoms with van der Waals surface area (Å²) in [6.45, 7) is 2.35. The largest absolute Gasteiger partial charge is 0.347 e. The molecular weight excluding hydrogens is 328 g/mol. The summed E-state index contributed by atoms with van der Waals surface area (Å²) in [5, 5.41) is 0. The lowest BCUT2D eigenvalue weighted by molar-refractivity contribution is -0.123. The molecule has 6 nitrogen and oxygen atoms in total. The van der Waals surface area contributed by atoms with Crippen molar-refractivity contribution in [1.29, 1.82) is 0 Å². The Kier molecular flexibility index (Phi) is 4.07. The molecular formula is C20H24N4O2. The van der Waals surface area contributed by atoms with Crippen LogP contribution in [-0.2, 0) is 11.8 Å². The van der Waals surface area contributed by atoms with Crippen LogP contribution in [0.15, 0.2) is 48.7 Å². The lowest BCUT2D eigenvalue weighted by Gasteiger charge is -2.46. The molecule has 2 fully saturated rings. The van der Waals surface area contributed by atoms with Gasteiger partial charge in [-0.1, -0.05) is 18.2 Å². The van der Waals surface area contributed by atoms with Crippen molar-refractivity contribution in [2.24, 2.45) is 7.05 Å². The third kappa shape index (κ3) is 2.70. The average molecular weight is 352 g/mol. The van der Waals surface area contributed by atoms with Gasteiger partial charge in [0, 0.05) is 38.6 Å². The maximum absolute atomic E-state index is 12.9. The normalized spacial score (nSPS) is 23.8. The fourth-order valence-electron chi connectivity index (χ4n) is 4.12. The number of rotatable bonds is 2. The van der Waals surface area contributed by atoms with Gasteiger partial charge in [-0.2, -0.15) is 0 Å². The summed E-state index contributed by atoms with van der Waals surface area (Å²) in [4.78, 5) is 31.4. The molecule has 26 heavy (non-hydrogen) atoms. The number of likely N-dealkylation sites (tertiary alicyclic amines) is 1. The van der Waals surface area contributed by atoms with E-state index in [1.54, 1.807) is 0 Å². The number of benzene rings is 1. The molecule has 1 aromatic carbocycles. The first-order valence-corrected chi connectivity index (χ1v) is 8.97. The fourth-order valence-corrected chi connectivity index (χ4v) is 4.12. The molecule has 2 aromatic rings. The molecule has 2 aliphatic rings. The van der Waals surface area contributed by atoms with Crippen molar-refractivity contribution in [3.63, 3.8) is 0 Å². The molecule has 0 radical (unpaired) electrons. The minimum Gasteiger partial charge on any atom is -0.347 e. The number of hydrogen-bond donors (Lipinski definition) is 0. The van der Waals surface area contributed by atoms with Gasteiger partial charge in [0.25, 0.3) is 5.91 Å². The Balaban J connectivity index is 1.57. The number of carbonyl (C=O) groups excluding carboxylic acids is 2. The van der Waals surface area contributed by atoms with Crippen molar-refractivity contribution in [2.45, 2.75) is 12.0 Å². The van der Waals surface area contributed by atoms with E-state index in [0.29, 0.717) is 31.9 Å². The molecule has 3 heterocycles. The van der Waals surface area contributed by atoms with Crippen LogP contribution in [0.5, 0.6) is 0 Å². The van der Waals surface area contributed by atoms with Gasteiger partial charge in [-0.3, -0.25) is 14.5 Å². The Morgan fingerprint density at radius 3 is 2.50 bits per heavy atom. The number of aryl methyl sites for hydroxylation is 1. The molecule has 2 saturated heterocycles. The van der Waals surface area contributed by atoms with Crippen LogP contribution in [0.2, 0.25) is 0 Å². The van der Waals surface area contributed by atoms with Crippen LogP contribution in [0.3, 0.4) is 0 Å². The first-order chi connectivity index (χ1) is 12.5. The summed E-state index contributed by atoms with van der Waals surface area (Å²) < 4.78 is 1.86. The highest BCUT2D eigenvalue weighted by molar-refractivity contribution is 5.96. The molecule has 2 amide bonds. The van der Waals surface area contributed by atoms with Crippen molar-refractivity contribution in [3.05, 3.63) is 54.4 Å². The Labute approximate surface area is 153 Å². The summed E-state index contributed by atoms with van der Waals surface area (Å²) in [5.74, 6) is 0.169. The number of para-hydroxylation sites is 1. The van der Waals surface area contributed by atoms with Gasteiger partial charge in [0.1, 0.15) is 5.69 Å². The van der Waals surface area contributed by atoms with E-state index in [0.717, 1.165) is 12.1 Å². The highest BCUT2D eigenvalue weighted by Gasteiger charge is 2.48. The van der Waals surface area contributed by atoms with Crippen molar-refractivity contribution in [1.82, 2.24) is 14.4 Å². The van der Waals surface area contributed by atoms with E-state index in [4.69, 9.17) is 0 Å². The van der Waals surface area contributed by atoms with Gasteiger partial charge in [-0.05, 0) is 37.7 Å². The highest BCUT2D eigenvalue weighted by atomic mass is 16.2. The number of amides is 2. The third-order valence-electron chi connectivity index (χ3n) is 5.79. The van der Waals surface area contributed by atoms with E-state index in [1.807, 2.05) is 77.1 Å². The maximum Gasteiger partial charge on any atom is 0.270 e. The second-order valence-electron chi connectivity index (χ2n) is 7.38. The van der Waals surface area contributed by atoms with Gasteiger partial charge in [-0.15, -0.1) is 0 Å². The van der Waals surface area contributed by atoms with Gasteiger partial charge in [0.2, 0.25) is 5.91 Å². The Morgan fingerprint density at radius 2 is 1.81 bits per heavy atom.